The minimum Gasteiger partial charge on any atom is -0.461 e. The average Bonchev–Trinajstić information content (AvgIpc) is 2.95. The van der Waals surface area contributed by atoms with Crippen molar-refractivity contribution in [2.75, 3.05) is 13.2 Å². The van der Waals surface area contributed by atoms with Crippen molar-refractivity contribution in [2.24, 2.45) is 0 Å². The van der Waals surface area contributed by atoms with Crippen molar-refractivity contribution in [1.29, 1.82) is 0 Å². The van der Waals surface area contributed by atoms with Crippen LogP contribution in [0.2, 0.25) is 18.1 Å². The Morgan fingerprint density at radius 2 is 1.86 bits per heavy atom. The molecule has 29 heavy (non-hydrogen) atoms. The summed E-state index contributed by atoms with van der Waals surface area (Å²) in [5, 5.41) is 4.64. The number of carbonyl (C=O) groups excluding carboxylic acids is 1. The van der Waals surface area contributed by atoms with Crippen LogP contribution in [-0.2, 0) is 15.7 Å². The first-order chi connectivity index (χ1) is 13.5. The molecule has 1 heterocycles. The third kappa shape index (κ3) is 5.76. The lowest BCUT2D eigenvalue weighted by Gasteiger charge is -2.36. The number of ether oxygens (including phenoxy) is 1. The molecule has 1 aromatic carbocycles. The van der Waals surface area contributed by atoms with E-state index in [0.29, 0.717) is 34.6 Å². The zero-order valence-electron chi connectivity index (χ0n) is 18.0. The third-order valence-corrected chi connectivity index (χ3v) is 10.4. The number of halogens is 2. The maximum atomic E-state index is 13.3. The van der Waals surface area contributed by atoms with E-state index in [1.54, 1.807) is 23.7 Å². The first-order valence-electron chi connectivity index (χ1n) is 9.81. The zero-order valence-corrected chi connectivity index (χ0v) is 20.6. The number of benzene rings is 1. The van der Waals surface area contributed by atoms with E-state index < -0.39 is 14.3 Å². The van der Waals surface area contributed by atoms with Crippen LogP contribution in [0.5, 0.6) is 0 Å². The van der Waals surface area contributed by atoms with E-state index in [1.165, 1.54) is 12.1 Å². The van der Waals surface area contributed by atoms with Crippen LogP contribution in [0, 0.1) is 5.82 Å². The Morgan fingerprint density at radius 3 is 2.41 bits per heavy atom. The predicted molar refractivity (Wildman–Crippen MR) is 119 cm³/mol. The van der Waals surface area contributed by atoms with Crippen molar-refractivity contribution in [1.82, 2.24) is 9.78 Å². The lowest BCUT2D eigenvalue weighted by molar-refractivity contribution is 0.0512. The molecule has 0 radical (unpaired) electrons. The summed E-state index contributed by atoms with van der Waals surface area (Å²) in [4.78, 5) is 12.7. The lowest BCUT2D eigenvalue weighted by Crippen LogP contribution is -2.41. The van der Waals surface area contributed by atoms with Crippen LogP contribution in [-0.4, -0.2) is 37.3 Å². The monoisotopic (exact) mass is 484 g/mol. The second kappa shape index (κ2) is 9.53. The molecule has 0 aliphatic rings. The minimum atomic E-state index is -1.82. The Kier molecular flexibility index (Phi) is 7.81. The van der Waals surface area contributed by atoms with E-state index in [9.17, 15) is 9.18 Å². The number of hydrogen-bond acceptors (Lipinski definition) is 4. The molecular formula is C21H30BrFN2O3Si. The minimum absolute atomic E-state index is 0.146. The fourth-order valence-electron chi connectivity index (χ4n) is 2.63. The molecule has 0 amide bonds. The maximum Gasteiger partial charge on any atom is 0.357 e. The van der Waals surface area contributed by atoms with Gasteiger partial charge in [-0.2, -0.15) is 5.10 Å². The number of nitrogens with zero attached hydrogens (tertiary/aromatic N) is 2. The number of esters is 1. The quantitative estimate of drug-likeness (QED) is 0.260. The van der Waals surface area contributed by atoms with Crippen molar-refractivity contribution in [3.05, 3.63) is 40.4 Å². The Bertz CT molecular complexity index is 845. The maximum absolute atomic E-state index is 13.3. The van der Waals surface area contributed by atoms with Gasteiger partial charge in [0.1, 0.15) is 10.4 Å². The van der Waals surface area contributed by atoms with Gasteiger partial charge >= 0.3 is 5.97 Å². The normalized spacial score (nSPS) is 12.3. The second-order valence-electron chi connectivity index (χ2n) is 8.43. The summed E-state index contributed by atoms with van der Waals surface area (Å²) >= 11 is 3.45. The van der Waals surface area contributed by atoms with E-state index in [1.807, 2.05) is 0 Å². The van der Waals surface area contributed by atoms with Crippen molar-refractivity contribution in [2.45, 2.75) is 58.8 Å². The topological polar surface area (TPSA) is 53.3 Å². The van der Waals surface area contributed by atoms with E-state index in [0.717, 1.165) is 6.42 Å². The molecule has 5 nitrogen and oxygen atoms in total. The van der Waals surface area contributed by atoms with Crippen LogP contribution in [0.3, 0.4) is 0 Å². The molecule has 2 aromatic rings. The predicted octanol–water partition coefficient (Wildman–Crippen LogP) is 6.04. The molecule has 0 fully saturated rings. The van der Waals surface area contributed by atoms with Gasteiger partial charge in [0.25, 0.3) is 0 Å². The summed E-state index contributed by atoms with van der Waals surface area (Å²) in [6.07, 6.45) is 0.718. The molecule has 0 saturated carbocycles. The summed E-state index contributed by atoms with van der Waals surface area (Å²) in [6.45, 7) is 14.2. The van der Waals surface area contributed by atoms with E-state index in [-0.39, 0.29) is 17.5 Å². The molecule has 0 spiro atoms. The van der Waals surface area contributed by atoms with E-state index >= 15 is 0 Å². The van der Waals surface area contributed by atoms with E-state index in [2.05, 4.69) is 54.9 Å². The molecular weight excluding hydrogens is 455 g/mol. The van der Waals surface area contributed by atoms with Crippen LogP contribution in [0.1, 0.15) is 44.6 Å². The van der Waals surface area contributed by atoms with Crippen LogP contribution < -0.4 is 0 Å². The van der Waals surface area contributed by atoms with Crippen molar-refractivity contribution in [3.63, 3.8) is 0 Å². The van der Waals surface area contributed by atoms with Crippen LogP contribution in [0.4, 0.5) is 4.39 Å². The Morgan fingerprint density at radius 1 is 1.24 bits per heavy atom. The molecule has 0 bridgehead atoms. The average molecular weight is 485 g/mol. The van der Waals surface area contributed by atoms with Gasteiger partial charge in [-0.1, -0.05) is 32.9 Å². The summed E-state index contributed by atoms with van der Waals surface area (Å²) in [5.41, 5.74) is 1.66. The van der Waals surface area contributed by atoms with Gasteiger partial charge in [-0.25, -0.2) is 9.18 Å². The molecule has 0 aliphatic carbocycles. The Hall–Kier alpha value is -1.51. The zero-order chi connectivity index (χ0) is 21.8. The van der Waals surface area contributed by atoms with Crippen LogP contribution in [0.25, 0.3) is 11.1 Å². The fraction of sp³-hybridized carbons (Fsp3) is 0.524. The van der Waals surface area contributed by atoms with Crippen molar-refractivity contribution in [3.8, 4) is 11.1 Å². The van der Waals surface area contributed by atoms with Gasteiger partial charge in [-0.05, 0) is 65.1 Å². The molecule has 160 valence electrons. The highest BCUT2D eigenvalue weighted by Gasteiger charge is 2.36. The molecule has 0 unspecified atom stereocenters. The molecule has 0 saturated heterocycles. The summed E-state index contributed by atoms with van der Waals surface area (Å²) < 4.78 is 27.0. The van der Waals surface area contributed by atoms with Gasteiger partial charge in [-0.15, -0.1) is 0 Å². The van der Waals surface area contributed by atoms with Crippen molar-refractivity contribution < 1.29 is 18.3 Å². The number of aromatic nitrogens is 2. The standard InChI is InChI=1S/C21H30BrFN2O3Si/c1-7-27-20(26)18-17(15-9-11-16(23)12-10-15)19(22)24-25(18)13-8-14-28-29(5,6)21(2,3)4/h9-12H,7-8,13-14H2,1-6H3. The molecule has 2 rings (SSSR count). The van der Waals surface area contributed by atoms with Gasteiger partial charge in [-0.3, -0.25) is 4.68 Å². The van der Waals surface area contributed by atoms with Gasteiger partial charge < -0.3 is 9.16 Å². The van der Waals surface area contributed by atoms with Crippen LogP contribution in [0.15, 0.2) is 28.9 Å². The van der Waals surface area contributed by atoms with E-state index in [4.69, 9.17) is 9.16 Å². The largest absolute Gasteiger partial charge is 0.461 e. The second-order valence-corrected chi connectivity index (χ2v) is 14.0. The Labute approximate surface area is 181 Å². The number of hydrogen-bond donors (Lipinski definition) is 0. The van der Waals surface area contributed by atoms with Gasteiger partial charge in [0, 0.05) is 18.7 Å². The molecule has 0 N–H and O–H groups in total. The van der Waals surface area contributed by atoms with Gasteiger partial charge in [0.15, 0.2) is 14.0 Å². The summed E-state index contributed by atoms with van der Waals surface area (Å²) in [7, 11) is -1.82. The first kappa shape index (κ1) is 23.8. The van der Waals surface area contributed by atoms with Gasteiger partial charge in [0.05, 0.1) is 6.61 Å². The highest BCUT2D eigenvalue weighted by Crippen LogP contribution is 2.36. The SMILES string of the molecule is CCOC(=O)c1c(-c2ccc(F)cc2)c(Br)nn1CCCO[Si](C)(C)C(C)(C)C. The summed E-state index contributed by atoms with van der Waals surface area (Å²) in [6, 6.07) is 5.98. The molecule has 0 atom stereocenters. The smallest absolute Gasteiger partial charge is 0.357 e. The molecule has 0 aliphatic heterocycles. The van der Waals surface area contributed by atoms with Gasteiger partial charge in [0.2, 0.25) is 0 Å². The summed E-state index contributed by atoms with van der Waals surface area (Å²) in [5.74, 6) is -0.784. The molecule has 1 aromatic heterocycles. The highest BCUT2D eigenvalue weighted by molar-refractivity contribution is 9.10. The fourth-order valence-corrected chi connectivity index (χ4v) is 4.33. The number of aryl methyl sites for hydroxylation is 1. The first-order valence-corrected chi connectivity index (χ1v) is 13.5. The number of rotatable bonds is 8. The highest BCUT2D eigenvalue weighted by atomic mass is 79.9. The van der Waals surface area contributed by atoms with Crippen LogP contribution >= 0.6 is 15.9 Å². The number of carbonyl (C=O) groups is 1. The Balaban J connectivity index is 2.24. The van der Waals surface area contributed by atoms with Crippen molar-refractivity contribution >= 4 is 30.2 Å². The molecule has 8 heteroatoms. The lowest BCUT2D eigenvalue weighted by atomic mass is 10.1. The third-order valence-electron chi connectivity index (χ3n) is 5.29.